The van der Waals surface area contributed by atoms with Crippen molar-refractivity contribution in [3.05, 3.63) is 36.5 Å². The highest BCUT2D eigenvalue weighted by molar-refractivity contribution is 7.98. The van der Waals surface area contributed by atoms with Crippen LogP contribution in [0.25, 0.3) is 10.9 Å². The maximum atomic E-state index is 12.4. The molecule has 1 atom stereocenters. The number of aromatic nitrogens is 1. The molecule has 0 aliphatic rings. The molecule has 1 unspecified atom stereocenters. The minimum atomic E-state index is -3.70. The van der Waals surface area contributed by atoms with Crippen LogP contribution in [0.3, 0.4) is 0 Å². The van der Waals surface area contributed by atoms with Gasteiger partial charge in [-0.3, -0.25) is 4.98 Å². The second-order valence-corrected chi connectivity index (χ2v) is 7.68. The molecule has 2 N–H and O–H groups in total. The zero-order chi connectivity index (χ0) is 15.5. The van der Waals surface area contributed by atoms with Gasteiger partial charge in [0.15, 0.2) is 0 Å². The van der Waals surface area contributed by atoms with Crippen LogP contribution in [0.2, 0.25) is 0 Å². The van der Waals surface area contributed by atoms with Crippen LogP contribution < -0.4 is 4.72 Å². The van der Waals surface area contributed by atoms with Gasteiger partial charge in [-0.1, -0.05) is 6.07 Å². The van der Waals surface area contributed by atoms with Crippen molar-refractivity contribution in [1.82, 2.24) is 9.71 Å². The molecule has 2 rings (SSSR count). The van der Waals surface area contributed by atoms with Gasteiger partial charge in [0.1, 0.15) is 0 Å². The van der Waals surface area contributed by atoms with Crippen molar-refractivity contribution in [1.29, 1.82) is 0 Å². The molecule has 0 spiro atoms. The van der Waals surface area contributed by atoms with Gasteiger partial charge in [-0.05, 0) is 37.4 Å². The SMILES string of the molecule is CSCC(C)(O)CNS(=O)(=O)c1cccc2ncccc12. The van der Waals surface area contributed by atoms with Gasteiger partial charge in [0.25, 0.3) is 0 Å². The van der Waals surface area contributed by atoms with Gasteiger partial charge in [-0.2, -0.15) is 11.8 Å². The van der Waals surface area contributed by atoms with Crippen molar-refractivity contribution in [2.24, 2.45) is 0 Å². The first-order chi connectivity index (χ1) is 9.86. The predicted molar refractivity (Wildman–Crippen MR) is 85.9 cm³/mol. The maximum Gasteiger partial charge on any atom is 0.241 e. The van der Waals surface area contributed by atoms with Gasteiger partial charge in [-0.15, -0.1) is 0 Å². The number of benzene rings is 1. The molecule has 0 saturated heterocycles. The molecule has 0 fully saturated rings. The molecule has 7 heteroatoms. The summed E-state index contributed by atoms with van der Waals surface area (Å²) < 4.78 is 27.4. The summed E-state index contributed by atoms with van der Waals surface area (Å²) in [6, 6.07) is 8.37. The lowest BCUT2D eigenvalue weighted by molar-refractivity contribution is 0.0909. The summed E-state index contributed by atoms with van der Waals surface area (Å²) in [6.07, 6.45) is 3.48. The Kier molecular flexibility index (Phi) is 4.88. The first-order valence-electron chi connectivity index (χ1n) is 6.40. The molecule has 0 radical (unpaired) electrons. The van der Waals surface area contributed by atoms with E-state index in [4.69, 9.17) is 0 Å². The number of nitrogens with one attached hydrogen (secondary N) is 1. The lowest BCUT2D eigenvalue weighted by Gasteiger charge is -2.22. The van der Waals surface area contributed by atoms with Crippen LogP contribution in [-0.2, 0) is 10.0 Å². The normalized spacial score (nSPS) is 15.0. The van der Waals surface area contributed by atoms with E-state index in [2.05, 4.69) is 9.71 Å². The third-order valence-electron chi connectivity index (χ3n) is 2.99. The Morgan fingerprint density at radius 3 is 2.81 bits per heavy atom. The number of thioether (sulfide) groups is 1. The molecule has 5 nitrogen and oxygen atoms in total. The Morgan fingerprint density at radius 1 is 1.33 bits per heavy atom. The van der Waals surface area contributed by atoms with Gasteiger partial charge < -0.3 is 5.11 Å². The third-order valence-corrected chi connectivity index (χ3v) is 5.36. The number of hydrogen-bond donors (Lipinski definition) is 2. The molecule has 0 bridgehead atoms. The van der Waals surface area contributed by atoms with Crippen molar-refractivity contribution in [2.75, 3.05) is 18.6 Å². The van der Waals surface area contributed by atoms with Crippen LogP contribution in [0.1, 0.15) is 6.92 Å². The van der Waals surface area contributed by atoms with E-state index in [9.17, 15) is 13.5 Å². The largest absolute Gasteiger partial charge is 0.388 e. The maximum absolute atomic E-state index is 12.4. The van der Waals surface area contributed by atoms with Crippen LogP contribution in [0.15, 0.2) is 41.4 Å². The molecule has 0 aliphatic carbocycles. The molecule has 0 saturated carbocycles. The van der Waals surface area contributed by atoms with Gasteiger partial charge in [0.05, 0.1) is 16.0 Å². The minimum Gasteiger partial charge on any atom is -0.388 e. The highest BCUT2D eigenvalue weighted by Crippen LogP contribution is 2.21. The monoisotopic (exact) mass is 326 g/mol. The summed E-state index contributed by atoms with van der Waals surface area (Å²) in [5.74, 6) is 0.451. The Morgan fingerprint density at radius 2 is 2.10 bits per heavy atom. The van der Waals surface area contributed by atoms with E-state index < -0.39 is 15.6 Å². The van der Waals surface area contributed by atoms with Crippen LogP contribution in [0.5, 0.6) is 0 Å². The van der Waals surface area contributed by atoms with Crippen molar-refractivity contribution in [2.45, 2.75) is 17.4 Å². The molecule has 1 aromatic carbocycles. The molecule has 0 amide bonds. The zero-order valence-electron chi connectivity index (χ0n) is 11.9. The molecule has 0 aliphatic heterocycles. The first kappa shape index (κ1) is 16.2. The fourth-order valence-corrected chi connectivity index (χ4v) is 4.10. The second kappa shape index (κ2) is 6.31. The molecule has 2 aromatic rings. The number of pyridine rings is 1. The van der Waals surface area contributed by atoms with Crippen molar-refractivity contribution < 1.29 is 13.5 Å². The van der Waals surface area contributed by atoms with E-state index >= 15 is 0 Å². The fourth-order valence-electron chi connectivity index (χ4n) is 2.00. The first-order valence-corrected chi connectivity index (χ1v) is 9.28. The number of aliphatic hydroxyl groups is 1. The Balaban J connectivity index is 2.30. The summed E-state index contributed by atoms with van der Waals surface area (Å²) in [7, 11) is -3.70. The van der Waals surface area contributed by atoms with Crippen molar-refractivity contribution in [3.63, 3.8) is 0 Å². The summed E-state index contributed by atoms with van der Waals surface area (Å²) in [4.78, 5) is 4.32. The van der Waals surface area contributed by atoms with E-state index in [1.54, 1.807) is 37.4 Å². The molecule has 21 heavy (non-hydrogen) atoms. The van der Waals surface area contributed by atoms with E-state index in [1.807, 2.05) is 6.26 Å². The number of fused-ring (bicyclic) bond motifs is 1. The summed E-state index contributed by atoms with van der Waals surface area (Å²) in [6.45, 7) is 1.57. The zero-order valence-corrected chi connectivity index (χ0v) is 13.5. The highest BCUT2D eigenvalue weighted by atomic mass is 32.2. The van der Waals surface area contributed by atoms with Crippen molar-refractivity contribution in [3.8, 4) is 0 Å². The summed E-state index contributed by atoms with van der Waals surface area (Å²) >= 11 is 1.46. The Hall–Kier alpha value is -1.15. The number of nitrogens with zero attached hydrogens (tertiary/aromatic N) is 1. The summed E-state index contributed by atoms with van der Waals surface area (Å²) in [5, 5.41) is 10.6. The second-order valence-electron chi connectivity index (χ2n) is 5.08. The average molecular weight is 326 g/mol. The lowest BCUT2D eigenvalue weighted by Crippen LogP contribution is -2.42. The van der Waals surface area contributed by atoms with Crippen LogP contribution in [-0.4, -0.2) is 42.7 Å². The van der Waals surface area contributed by atoms with Crippen LogP contribution in [0.4, 0.5) is 0 Å². The van der Waals surface area contributed by atoms with E-state index in [0.717, 1.165) is 0 Å². The number of sulfonamides is 1. The molecule has 1 heterocycles. The van der Waals surface area contributed by atoms with E-state index in [1.165, 1.54) is 17.8 Å². The third kappa shape index (κ3) is 3.94. The van der Waals surface area contributed by atoms with Crippen LogP contribution in [0, 0.1) is 0 Å². The van der Waals surface area contributed by atoms with Gasteiger partial charge in [0, 0.05) is 23.9 Å². The fraction of sp³-hybridized carbons (Fsp3) is 0.357. The average Bonchev–Trinajstić information content (AvgIpc) is 2.45. The molecule has 1 aromatic heterocycles. The molecular weight excluding hydrogens is 308 g/mol. The van der Waals surface area contributed by atoms with Gasteiger partial charge in [-0.25, -0.2) is 13.1 Å². The molecular formula is C14H18N2O3S2. The smallest absolute Gasteiger partial charge is 0.241 e. The Bertz CT molecular complexity index is 725. The number of rotatable bonds is 6. The molecule has 114 valence electrons. The summed E-state index contributed by atoms with van der Waals surface area (Å²) in [5.41, 5.74) is -0.466. The highest BCUT2D eigenvalue weighted by Gasteiger charge is 2.24. The number of hydrogen-bond acceptors (Lipinski definition) is 5. The lowest BCUT2D eigenvalue weighted by atomic mass is 10.1. The Labute approximate surface area is 128 Å². The van der Waals surface area contributed by atoms with Crippen LogP contribution >= 0.6 is 11.8 Å². The van der Waals surface area contributed by atoms with E-state index in [0.29, 0.717) is 16.7 Å². The quantitative estimate of drug-likeness (QED) is 0.843. The standard InChI is InChI=1S/C14H18N2O3S2/c1-14(17,10-20-2)9-16-21(18,19)13-7-3-6-12-11(13)5-4-8-15-12/h3-8,16-17H,9-10H2,1-2H3. The topological polar surface area (TPSA) is 79.3 Å². The van der Waals surface area contributed by atoms with E-state index in [-0.39, 0.29) is 11.4 Å². The minimum absolute atomic E-state index is 0.0349. The van der Waals surface area contributed by atoms with Gasteiger partial charge >= 0.3 is 0 Å². The van der Waals surface area contributed by atoms with Gasteiger partial charge in [0.2, 0.25) is 10.0 Å². The van der Waals surface area contributed by atoms with Crippen molar-refractivity contribution >= 4 is 32.7 Å². The predicted octanol–water partition coefficient (Wildman–Crippen LogP) is 1.63.